The van der Waals surface area contributed by atoms with Crippen molar-refractivity contribution in [3.63, 3.8) is 0 Å². The van der Waals surface area contributed by atoms with Crippen molar-refractivity contribution >= 4 is 10.0 Å². The minimum Gasteiger partial charge on any atom is -0.492 e. The van der Waals surface area contributed by atoms with Gasteiger partial charge in [0.15, 0.2) is 0 Å². The second-order valence-electron chi connectivity index (χ2n) is 4.58. The molecule has 0 amide bonds. The molecule has 0 heterocycles. The van der Waals surface area contributed by atoms with Crippen molar-refractivity contribution in [2.75, 3.05) is 33.3 Å². The average Bonchev–Trinajstić information content (AvgIpc) is 2.48. The Bertz CT molecular complexity index is 526. The minimum atomic E-state index is -3.47. The third-order valence-corrected chi connectivity index (χ3v) is 4.77. The van der Waals surface area contributed by atoms with Crippen molar-refractivity contribution in [2.24, 2.45) is 0 Å². The van der Waals surface area contributed by atoms with E-state index >= 15 is 0 Å². The summed E-state index contributed by atoms with van der Waals surface area (Å²) >= 11 is 0. The van der Waals surface area contributed by atoms with E-state index in [2.05, 4.69) is 11.9 Å². The Morgan fingerprint density at radius 1 is 1.33 bits per heavy atom. The average molecular weight is 312 g/mol. The summed E-state index contributed by atoms with van der Waals surface area (Å²) < 4.78 is 31.9. The highest BCUT2D eigenvalue weighted by atomic mass is 32.2. The third kappa shape index (κ3) is 5.15. The van der Waals surface area contributed by atoms with E-state index in [1.54, 1.807) is 30.3 Å². The largest absolute Gasteiger partial charge is 0.492 e. The molecule has 0 bridgehead atoms. The number of nitrogens with zero attached hydrogens (tertiary/aromatic N) is 1. The Balaban J connectivity index is 2.85. The van der Waals surface area contributed by atoms with Gasteiger partial charge >= 0.3 is 0 Å². The van der Waals surface area contributed by atoms with Gasteiger partial charge in [-0.15, -0.1) is 6.58 Å². The predicted octanol–water partition coefficient (Wildman–Crippen LogP) is 1.87. The van der Waals surface area contributed by atoms with Crippen LogP contribution >= 0.6 is 0 Å². The van der Waals surface area contributed by atoms with E-state index in [1.165, 1.54) is 4.31 Å². The molecule has 1 rings (SSSR count). The maximum atomic E-state index is 12.5. The second kappa shape index (κ2) is 8.81. The third-order valence-electron chi connectivity index (χ3n) is 2.89. The van der Waals surface area contributed by atoms with Gasteiger partial charge in [0.1, 0.15) is 12.4 Å². The Morgan fingerprint density at radius 3 is 2.52 bits per heavy atom. The molecular formula is C15H24N2O3S. The molecular weight excluding hydrogens is 288 g/mol. The van der Waals surface area contributed by atoms with Crippen molar-refractivity contribution in [3.05, 3.63) is 36.9 Å². The molecule has 6 heteroatoms. The first-order valence-electron chi connectivity index (χ1n) is 7.04. The Labute approximate surface area is 127 Å². The number of benzene rings is 1. The summed E-state index contributed by atoms with van der Waals surface area (Å²) in [4.78, 5) is 0.277. The quantitative estimate of drug-likeness (QED) is 0.529. The molecule has 0 aliphatic rings. The molecule has 0 saturated carbocycles. The van der Waals surface area contributed by atoms with Gasteiger partial charge < -0.3 is 10.1 Å². The van der Waals surface area contributed by atoms with Gasteiger partial charge in [0.05, 0.1) is 4.90 Å². The number of nitrogens with one attached hydrogen (secondary N) is 1. The molecule has 21 heavy (non-hydrogen) atoms. The lowest BCUT2D eigenvalue weighted by Crippen LogP contribution is -2.31. The van der Waals surface area contributed by atoms with Gasteiger partial charge in [0.25, 0.3) is 0 Å². The number of hydrogen-bond acceptors (Lipinski definition) is 4. The van der Waals surface area contributed by atoms with Gasteiger partial charge in [-0.3, -0.25) is 0 Å². The molecule has 0 atom stereocenters. The zero-order valence-corrected chi connectivity index (χ0v) is 13.5. The molecule has 118 valence electrons. The fraction of sp³-hybridized carbons (Fsp3) is 0.467. The molecule has 5 nitrogen and oxygen atoms in total. The number of sulfonamides is 1. The summed E-state index contributed by atoms with van der Waals surface area (Å²) in [5.74, 6) is 0.662. The number of hydrogen-bond donors (Lipinski definition) is 1. The molecule has 0 unspecified atom stereocenters. The molecule has 0 spiro atoms. The summed E-state index contributed by atoms with van der Waals surface area (Å²) in [5.41, 5.74) is 0. The van der Waals surface area contributed by atoms with E-state index in [0.29, 0.717) is 25.4 Å². The van der Waals surface area contributed by atoms with Crippen LogP contribution in [-0.4, -0.2) is 46.0 Å². The van der Waals surface area contributed by atoms with Crippen LogP contribution in [0.4, 0.5) is 0 Å². The molecule has 1 N–H and O–H groups in total. The number of rotatable bonds is 10. The van der Waals surface area contributed by atoms with E-state index < -0.39 is 10.0 Å². The van der Waals surface area contributed by atoms with Crippen molar-refractivity contribution in [1.82, 2.24) is 9.62 Å². The van der Waals surface area contributed by atoms with Gasteiger partial charge in [-0.05, 0) is 37.7 Å². The van der Waals surface area contributed by atoms with Crippen LogP contribution in [0.5, 0.6) is 5.75 Å². The van der Waals surface area contributed by atoms with Gasteiger partial charge in [-0.2, -0.15) is 4.31 Å². The van der Waals surface area contributed by atoms with E-state index in [4.69, 9.17) is 4.74 Å². The number of likely N-dealkylation sites (N-methyl/N-ethyl adjacent to an activating group) is 1. The highest BCUT2D eigenvalue weighted by Crippen LogP contribution is 2.19. The summed E-state index contributed by atoms with van der Waals surface area (Å²) in [5, 5.41) is 2.98. The smallest absolute Gasteiger partial charge is 0.243 e. The van der Waals surface area contributed by atoms with Gasteiger partial charge in [0, 0.05) is 19.6 Å². The first kappa shape index (κ1) is 17.7. The van der Waals surface area contributed by atoms with Crippen molar-refractivity contribution in [1.29, 1.82) is 0 Å². The highest BCUT2D eigenvalue weighted by molar-refractivity contribution is 7.89. The minimum absolute atomic E-state index is 0.277. The second-order valence-corrected chi connectivity index (χ2v) is 6.51. The molecule has 0 aliphatic carbocycles. The van der Waals surface area contributed by atoms with Crippen molar-refractivity contribution < 1.29 is 13.2 Å². The van der Waals surface area contributed by atoms with Crippen LogP contribution in [0.25, 0.3) is 0 Å². The SMILES string of the molecule is C=CCN(CCC)S(=O)(=O)c1ccc(OCCNC)cc1. The van der Waals surface area contributed by atoms with Crippen molar-refractivity contribution in [2.45, 2.75) is 18.2 Å². The Morgan fingerprint density at radius 2 is 2.00 bits per heavy atom. The molecule has 0 saturated heterocycles. The normalized spacial score (nSPS) is 11.6. The van der Waals surface area contributed by atoms with Gasteiger partial charge in [-0.25, -0.2) is 8.42 Å². The van der Waals surface area contributed by atoms with E-state index in [-0.39, 0.29) is 4.90 Å². The van der Waals surface area contributed by atoms with Crippen LogP contribution < -0.4 is 10.1 Å². The lowest BCUT2D eigenvalue weighted by Gasteiger charge is -2.20. The fourth-order valence-corrected chi connectivity index (χ4v) is 3.33. The van der Waals surface area contributed by atoms with Crippen molar-refractivity contribution in [3.8, 4) is 5.75 Å². The van der Waals surface area contributed by atoms with Gasteiger partial charge in [0.2, 0.25) is 10.0 Å². The van der Waals surface area contributed by atoms with E-state index in [1.807, 2.05) is 14.0 Å². The van der Waals surface area contributed by atoms with Crippen LogP contribution in [0, 0.1) is 0 Å². The summed E-state index contributed by atoms with van der Waals surface area (Å²) in [7, 11) is -1.62. The molecule has 0 radical (unpaired) electrons. The lowest BCUT2D eigenvalue weighted by molar-refractivity contribution is 0.318. The maximum Gasteiger partial charge on any atom is 0.243 e. The topological polar surface area (TPSA) is 58.6 Å². The molecule has 1 aromatic rings. The lowest BCUT2D eigenvalue weighted by atomic mass is 10.3. The molecule has 1 aromatic carbocycles. The Hall–Kier alpha value is -1.37. The number of ether oxygens (including phenoxy) is 1. The highest BCUT2D eigenvalue weighted by Gasteiger charge is 2.22. The maximum absolute atomic E-state index is 12.5. The summed E-state index contributed by atoms with van der Waals surface area (Å²) in [6, 6.07) is 6.52. The zero-order valence-electron chi connectivity index (χ0n) is 12.7. The predicted molar refractivity (Wildman–Crippen MR) is 85.1 cm³/mol. The molecule has 0 aromatic heterocycles. The monoisotopic (exact) mass is 312 g/mol. The van der Waals surface area contributed by atoms with Crippen LogP contribution in [-0.2, 0) is 10.0 Å². The van der Waals surface area contributed by atoms with E-state index in [9.17, 15) is 8.42 Å². The summed E-state index contributed by atoms with van der Waals surface area (Å²) in [6.45, 7) is 7.64. The van der Waals surface area contributed by atoms with Crippen LogP contribution in [0.15, 0.2) is 41.8 Å². The standard InChI is InChI=1S/C15H24N2O3S/c1-4-11-17(12-5-2)21(18,19)15-8-6-14(7-9-15)20-13-10-16-3/h4,6-9,16H,1,5,10-13H2,2-3H3. The zero-order chi connectivity index (χ0) is 15.7. The summed E-state index contributed by atoms with van der Waals surface area (Å²) in [6.07, 6.45) is 2.36. The molecule has 0 aliphatic heterocycles. The van der Waals surface area contributed by atoms with E-state index in [0.717, 1.165) is 13.0 Å². The first-order chi connectivity index (χ1) is 10.1. The Kier molecular flexibility index (Phi) is 7.42. The van der Waals surface area contributed by atoms with Gasteiger partial charge in [-0.1, -0.05) is 13.0 Å². The van der Waals surface area contributed by atoms with Crippen LogP contribution in [0.2, 0.25) is 0 Å². The van der Waals surface area contributed by atoms with Crippen LogP contribution in [0.3, 0.4) is 0 Å². The van der Waals surface area contributed by atoms with Crippen LogP contribution in [0.1, 0.15) is 13.3 Å². The molecule has 0 fully saturated rings. The first-order valence-corrected chi connectivity index (χ1v) is 8.48. The fourth-order valence-electron chi connectivity index (χ4n) is 1.83.